The van der Waals surface area contributed by atoms with Gasteiger partial charge in [-0.2, -0.15) is 0 Å². The van der Waals surface area contributed by atoms with E-state index >= 15 is 0 Å². The third-order valence-electron chi connectivity index (χ3n) is 6.22. The minimum atomic E-state index is -0.438. The summed E-state index contributed by atoms with van der Waals surface area (Å²) in [7, 11) is 0. The summed E-state index contributed by atoms with van der Waals surface area (Å²) in [6.07, 6.45) is 17.2. The lowest BCUT2D eigenvalue weighted by Crippen LogP contribution is -2.17. The Balaban J connectivity index is 1.40. The van der Waals surface area contributed by atoms with Crippen LogP contribution < -0.4 is 9.47 Å². The van der Waals surface area contributed by atoms with Crippen LogP contribution in [0.4, 0.5) is 0 Å². The predicted molar refractivity (Wildman–Crippen MR) is 145 cm³/mol. The first-order valence-electron chi connectivity index (χ1n) is 13.5. The zero-order chi connectivity index (χ0) is 25.4. The third kappa shape index (κ3) is 9.80. The molecule has 0 aliphatic carbocycles. The van der Waals surface area contributed by atoms with E-state index in [-0.39, 0.29) is 6.61 Å². The summed E-state index contributed by atoms with van der Waals surface area (Å²) in [5.74, 6) is 1.37. The number of carbonyl (C=O) groups is 1. The van der Waals surface area contributed by atoms with Crippen molar-refractivity contribution in [3.05, 3.63) is 72.1 Å². The van der Waals surface area contributed by atoms with Crippen LogP contribution in [0, 0.1) is 0 Å². The van der Waals surface area contributed by atoms with Gasteiger partial charge >= 0.3 is 5.97 Å². The smallest absolute Gasteiger partial charge is 0.349 e. The number of hydrogen-bond acceptors (Lipinski definition) is 5. The monoisotopic (exact) mass is 488 g/mol. The summed E-state index contributed by atoms with van der Waals surface area (Å²) in [6, 6.07) is 15.2. The highest BCUT2D eigenvalue weighted by Gasteiger charge is 2.08. The van der Waals surface area contributed by atoms with E-state index in [0.29, 0.717) is 17.3 Å². The molecule has 0 amide bonds. The number of nitrogens with zero attached hydrogens (tertiary/aromatic N) is 2. The fraction of sp³-hybridized carbons (Fsp3) is 0.452. The molecule has 3 rings (SSSR count). The molecule has 1 aromatic heterocycles. The van der Waals surface area contributed by atoms with E-state index in [9.17, 15) is 4.79 Å². The van der Waals surface area contributed by atoms with Crippen LogP contribution in [-0.2, 0) is 17.6 Å². The van der Waals surface area contributed by atoms with Crippen molar-refractivity contribution in [1.82, 2.24) is 9.97 Å². The number of aryl methyl sites for hydroxylation is 2. The van der Waals surface area contributed by atoms with Crippen LogP contribution in [0.15, 0.2) is 60.9 Å². The maximum atomic E-state index is 12.2. The quantitative estimate of drug-likeness (QED) is 0.117. The summed E-state index contributed by atoms with van der Waals surface area (Å²) in [6.45, 7) is 4.31. The Morgan fingerprint density at radius 3 is 1.86 bits per heavy atom. The van der Waals surface area contributed by atoms with Crippen LogP contribution in [0.3, 0.4) is 0 Å². The molecule has 0 atom stereocenters. The lowest BCUT2D eigenvalue weighted by molar-refractivity contribution is -0.136. The van der Waals surface area contributed by atoms with Crippen molar-refractivity contribution in [3.63, 3.8) is 0 Å². The van der Waals surface area contributed by atoms with Gasteiger partial charge in [-0.15, -0.1) is 0 Å². The van der Waals surface area contributed by atoms with Gasteiger partial charge in [0.25, 0.3) is 0 Å². The van der Waals surface area contributed by atoms with E-state index in [1.54, 1.807) is 12.1 Å². The van der Waals surface area contributed by atoms with Crippen molar-refractivity contribution in [2.75, 3.05) is 6.61 Å². The van der Waals surface area contributed by atoms with Crippen molar-refractivity contribution in [3.8, 4) is 22.9 Å². The first-order valence-corrected chi connectivity index (χ1v) is 13.5. The molecule has 0 aliphatic heterocycles. The van der Waals surface area contributed by atoms with Crippen LogP contribution >= 0.6 is 0 Å². The summed E-state index contributed by atoms with van der Waals surface area (Å²) in [5, 5.41) is 0. The highest BCUT2D eigenvalue weighted by molar-refractivity contribution is 5.74. The molecule has 3 aromatic rings. The Labute approximate surface area is 216 Å². The van der Waals surface area contributed by atoms with E-state index in [1.807, 2.05) is 36.7 Å². The molecule has 0 unspecified atom stereocenters. The molecule has 0 spiro atoms. The second kappa shape index (κ2) is 15.7. The standard InChI is InChI=1S/C31H40N2O3/c1-3-5-7-9-11-12-25-14-18-28(19-15-25)35-24-30(34)36-29-20-16-27(17-21-29)31-32-22-26(23-33-31)13-10-8-6-4-2/h14-23H,3-13,24H2,1-2H3. The van der Waals surface area contributed by atoms with Gasteiger partial charge in [0.1, 0.15) is 11.5 Å². The van der Waals surface area contributed by atoms with Crippen LogP contribution in [0.1, 0.15) is 82.8 Å². The number of carbonyl (C=O) groups excluding carboxylic acids is 1. The second-order valence-corrected chi connectivity index (χ2v) is 9.32. The molecule has 2 aromatic carbocycles. The van der Waals surface area contributed by atoms with Crippen molar-refractivity contribution in [1.29, 1.82) is 0 Å². The Morgan fingerprint density at radius 2 is 1.22 bits per heavy atom. The lowest BCUT2D eigenvalue weighted by atomic mass is 10.1. The normalized spacial score (nSPS) is 10.8. The molecular formula is C31H40N2O3. The maximum Gasteiger partial charge on any atom is 0.349 e. The molecule has 36 heavy (non-hydrogen) atoms. The Morgan fingerprint density at radius 1 is 0.667 bits per heavy atom. The number of ether oxygens (including phenoxy) is 2. The van der Waals surface area contributed by atoms with Gasteiger partial charge in [-0.25, -0.2) is 14.8 Å². The molecule has 0 N–H and O–H groups in total. The molecule has 0 radical (unpaired) electrons. The lowest BCUT2D eigenvalue weighted by Gasteiger charge is -2.08. The number of benzene rings is 2. The Bertz CT molecular complexity index is 1020. The van der Waals surface area contributed by atoms with Gasteiger partial charge < -0.3 is 9.47 Å². The van der Waals surface area contributed by atoms with Gasteiger partial charge in [0.2, 0.25) is 0 Å². The summed E-state index contributed by atoms with van der Waals surface area (Å²) in [4.78, 5) is 21.2. The largest absolute Gasteiger partial charge is 0.482 e. The van der Waals surface area contributed by atoms with Crippen LogP contribution in [0.25, 0.3) is 11.4 Å². The third-order valence-corrected chi connectivity index (χ3v) is 6.22. The van der Waals surface area contributed by atoms with Gasteiger partial charge in [0.05, 0.1) is 0 Å². The summed E-state index contributed by atoms with van der Waals surface area (Å²) < 4.78 is 11.0. The number of hydrogen-bond donors (Lipinski definition) is 0. The molecule has 192 valence electrons. The molecule has 0 aliphatic rings. The second-order valence-electron chi connectivity index (χ2n) is 9.32. The number of rotatable bonds is 16. The van der Waals surface area contributed by atoms with Crippen molar-refractivity contribution < 1.29 is 14.3 Å². The fourth-order valence-corrected chi connectivity index (χ4v) is 4.05. The van der Waals surface area contributed by atoms with Gasteiger partial charge in [0.15, 0.2) is 12.4 Å². The van der Waals surface area contributed by atoms with Gasteiger partial charge in [-0.1, -0.05) is 70.9 Å². The molecule has 5 heteroatoms. The average molecular weight is 489 g/mol. The number of aromatic nitrogens is 2. The van der Waals surface area contributed by atoms with Crippen molar-refractivity contribution >= 4 is 5.97 Å². The zero-order valence-corrected chi connectivity index (χ0v) is 21.9. The van der Waals surface area contributed by atoms with E-state index in [1.165, 1.54) is 63.4 Å². The van der Waals surface area contributed by atoms with Crippen molar-refractivity contribution in [2.24, 2.45) is 0 Å². The molecule has 0 saturated carbocycles. The highest BCUT2D eigenvalue weighted by atomic mass is 16.6. The van der Waals surface area contributed by atoms with Crippen LogP contribution in [-0.4, -0.2) is 22.5 Å². The maximum absolute atomic E-state index is 12.2. The zero-order valence-electron chi connectivity index (χ0n) is 21.9. The first kappa shape index (κ1) is 27.4. The van der Waals surface area contributed by atoms with E-state index in [2.05, 4.69) is 35.9 Å². The van der Waals surface area contributed by atoms with Crippen LogP contribution in [0.5, 0.6) is 11.5 Å². The number of esters is 1. The minimum Gasteiger partial charge on any atom is -0.482 e. The molecule has 1 heterocycles. The average Bonchev–Trinajstić information content (AvgIpc) is 2.91. The van der Waals surface area contributed by atoms with E-state index < -0.39 is 5.97 Å². The minimum absolute atomic E-state index is 0.138. The Hall–Kier alpha value is -3.21. The predicted octanol–water partition coefficient (Wildman–Crippen LogP) is 7.76. The SMILES string of the molecule is CCCCCCCc1ccc(OCC(=O)Oc2ccc(-c3ncc(CCCCCC)cn3)cc2)cc1. The topological polar surface area (TPSA) is 61.3 Å². The summed E-state index contributed by atoms with van der Waals surface area (Å²) in [5.41, 5.74) is 3.35. The summed E-state index contributed by atoms with van der Waals surface area (Å²) >= 11 is 0. The van der Waals surface area contributed by atoms with E-state index in [0.717, 1.165) is 24.0 Å². The Kier molecular flexibility index (Phi) is 12.0. The molecule has 5 nitrogen and oxygen atoms in total. The highest BCUT2D eigenvalue weighted by Crippen LogP contribution is 2.20. The number of unbranched alkanes of at least 4 members (excludes halogenated alkanes) is 7. The fourth-order valence-electron chi connectivity index (χ4n) is 4.05. The van der Waals surface area contributed by atoms with Crippen molar-refractivity contribution in [2.45, 2.75) is 84.5 Å². The van der Waals surface area contributed by atoms with Gasteiger partial charge in [-0.3, -0.25) is 0 Å². The van der Waals surface area contributed by atoms with Crippen LogP contribution in [0.2, 0.25) is 0 Å². The van der Waals surface area contributed by atoms with E-state index in [4.69, 9.17) is 9.47 Å². The molecule has 0 bridgehead atoms. The first-order chi connectivity index (χ1) is 17.7. The molecular weight excluding hydrogens is 448 g/mol. The molecule has 0 saturated heterocycles. The molecule has 0 fully saturated rings. The van der Waals surface area contributed by atoms with Gasteiger partial charge in [-0.05, 0) is 73.2 Å². The van der Waals surface area contributed by atoms with Gasteiger partial charge in [0, 0.05) is 18.0 Å².